The van der Waals surface area contributed by atoms with Crippen LogP contribution in [0.1, 0.15) is 0 Å². The highest BCUT2D eigenvalue weighted by molar-refractivity contribution is 7.09. The number of anilines is 1. The van der Waals surface area contributed by atoms with Gasteiger partial charge in [-0.05, 0) is 7.05 Å². The highest BCUT2D eigenvalue weighted by Gasteiger charge is 2.25. The first-order chi connectivity index (χ1) is 6.81. The lowest BCUT2D eigenvalue weighted by Crippen LogP contribution is -2.55. The van der Waals surface area contributed by atoms with Gasteiger partial charge in [0, 0.05) is 37.7 Å². The van der Waals surface area contributed by atoms with E-state index in [1.165, 1.54) is 11.5 Å². The number of aromatic nitrogens is 2. The summed E-state index contributed by atoms with van der Waals surface area (Å²) in [6, 6.07) is 0.377. The van der Waals surface area contributed by atoms with Gasteiger partial charge in [-0.1, -0.05) is 0 Å². The average molecular weight is 213 g/mol. The molecule has 1 fully saturated rings. The fourth-order valence-corrected chi connectivity index (χ4v) is 2.39. The molecule has 1 aromatic heterocycles. The molecule has 6 heteroatoms. The van der Waals surface area contributed by atoms with E-state index in [1.807, 2.05) is 0 Å². The van der Waals surface area contributed by atoms with Crippen molar-refractivity contribution >= 4 is 16.7 Å². The molecular weight excluding hydrogens is 198 g/mol. The largest absolute Gasteiger partial charge is 0.340 e. The predicted molar refractivity (Wildman–Crippen MR) is 57.6 cm³/mol. The van der Waals surface area contributed by atoms with Crippen LogP contribution in [0, 0.1) is 0 Å². The molecule has 0 amide bonds. The molecular formula is C8H15N5S. The molecule has 0 bridgehead atoms. The van der Waals surface area contributed by atoms with Crippen LogP contribution in [0.2, 0.25) is 0 Å². The Hall–Kier alpha value is -0.720. The number of rotatable bonds is 2. The lowest BCUT2D eigenvalue weighted by atomic mass is 10.2. The second kappa shape index (κ2) is 4.20. The monoisotopic (exact) mass is 213 g/mol. The van der Waals surface area contributed by atoms with Gasteiger partial charge in [-0.3, -0.25) is 0 Å². The zero-order valence-corrected chi connectivity index (χ0v) is 9.07. The highest BCUT2D eigenvalue weighted by atomic mass is 32.1. The number of hydrogen-bond donors (Lipinski definition) is 1. The molecule has 5 nitrogen and oxygen atoms in total. The van der Waals surface area contributed by atoms with Gasteiger partial charge in [0.25, 0.3) is 0 Å². The quantitative estimate of drug-likeness (QED) is 0.725. The normalized spacial score (nSPS) is 24.1. The summed E-state index contributed by atoms with van der Waals surface area (Å²) < 4.78 is 4.02. The van der Waals surface area contributed by atoms with Crippen LogP contribution in [0.15, 0.2) is 6.33 Å². The zero-order chi connectivity index (χ0) is 9.97. The molecule has 0 aliphatic carbocycles. The number of nitrogens with two attached hydrogens (primary N) is 1. The Kier molecular flexibility index (Phi) is 2.95. The van der Waals surface area contributed by atoms with Gasteiger partial charge in [0.15, 0.2) is 0 Å². The number of nitrogens with zero attached hydrogens (tertiary/aromatic N) is 4. The van der Waals surface area contributed by atoms with Crippen molar-refractivity contribution in [1.82, 2.24) is 14.3 Å². The third-order valence-corrected chi connectivity index (χ3v) is 3.26. The van der Waals surface area contributed by atoms with E-state index in [1.54, 1.807) is 6.33 Å². The van der Waals surface area contributed by atoms with Gasteiger partial charge in [0.05, 0.1) is 6.04 Å². The van der Waals surface area contributed by atoms with Crippen LogP contribution in [-0.4, -0.2) is 53.5 Å². The highest BCUT2D eigenvalue weighted by Crippen LogP contribution is 2.19. The molecule has 14 heavy (non-hydrogen) atoms. The van der Waals surface area contributed by atoms with Crippen LogP contribution in [0.5, 0.6) is 0 Å². The molecule has 2 heterocycles. The van der Waals surface area contributed by atoms with Crippen LogP contribution in [0.4, 0.5) is 5.13 Å². The first kappa shape index (κ1) is 9.82. The maximum absolute atomic E-state index is 5.75. The third kappa shape index (κ3) is 1.87. The summed E-state index contributed by atoms with van der Waals surface area (Å²) in [6.45, 7) is 3.74. The van der Waals surface area contributed by atoms with E-state index >= 15 is 0 Å². The molecule has 1 saturated heterocycles. The van der Waals surface area contributed by atoms with E-state index in [-0.39, 0.29) is 0 Å². The SMILES string of the molecule is CN1CCN(c2ncns2)C(CN)C1. The van der Waals surface area contributed by atoms with Crippen LogP contribution in [0.25, 0.3) is 0 Å². The molecule has 78 valence electrons. The number of piperazine rings is 1. The molecule has 1 aliphatic rings. The Morgan fingerprint density at radius 3 is 3.14 bits per heavy atom. The van der Waals surface area contributed by atoms with Crippen molar-refractivity contribution in [3.05, 3.63) is 6.33 Å². The number of likely N-dealkylation sites (N-methyl/N-ethyl adjacent to an activating group) is 1. The average Bonchev–Trinajstić information content (AvgIpc) is 2.70. The predicted octanol–water partition coefficient (Wildman–Crippen LogP) is -0.383. The Labute approximate surface area is 87.7 Å². The van der Waals surface area contributed by atoms with Crippen LogP contribution < -0.4 is 10.6 Å². The molecule has 0 saturated carbocycles. The van der Waals surface area contributed by atoms with Crippen molar-refractivity contribution in [3.63, 3.8) is 0 Å². The van der Waals surface area contributed by atoms with Crippen molar-refractivity contribution in [2.75, 3.05) is 38.1 Å². The Balaban J connectivity index is 2.10. The van der Waals surface area contributed by atoms with Gasteiger partial charge in [-0.25, -0.2) is 4.98 Å². The lowest BCUT2D eigenvalue weighted by Gasteiger charge is -2.39. The summed E-state index contributed by atoms with van der Waals surface area (Å²) in [5, 5.41) is 0.994. The van der Waals surface area contributed by atoms with Gasteiger partial charge in [-0.2, -0.15) is 4.37 Å². The second-order valence-corrected chi connectivity index (χ2v) is 4.33. The summed E-state index contributed by atoms with van der Waals surface area (Å²) in [4.78, 5) is 8.78. The van der Waals surface area contributed by atoms with Gasteiger partial charge in [0.2, 0.25) is 5.13 Å². The second-order valence-electron chi connectivity index (χ2n) is 3.57. The third-order valence-electron chi connectivity index (χ3n) is 2.55. The van der Waals surface area contributed by atoms with Crippen molar-refractivity contribution in [1.29, 1.82) is 0 Å². The van der Waals surface area contributed by atoms with Crippen LogP contribution in [-0.2, 0) is 0 Å². The number of hydrogen-bond acceptors (Lipinski definition) is 6. The standard InChI is InChI=1S/C8H15N5S/c1-12-2-3-13(7(4-9)5-12)8-10-6-11-14-8/h6-7H,2-5,9H2,1H3. The first-order valence-corrected chi connectivity index (χ1v) is 5.50. The minimum atomic E-state index is 0.377. The summed E-state index contributed by atoms with van der Waals surface area (Å²) in [5.74, 6) is 0. The summed E-state index contributed by atoms with van der Waals surface area (Å²) >= 11 is 1.44. The molecule has 0 radical (unpaired) electrons. The summed E-state index contributed by atoms with van der Waals surface area (Å²) in [5.41, 5.74) is 5.75. The minimum Gasteiger partial charge on any atom is -0.340 e. The topological polar surface area (TPSA) is 58.3 Å². The molecule has 1 atom stereocenters. The van der Waals surface area contributed by atoms with Crippen molar-refractivity contribution in [3.8, 4) is 0 Å². The molecule has 0 spiro atoms. The maximum atomic E-state index is 5.75. The Bertz CT molecular complexity index is 275. The lowest BCUT2D eigenvalue weighted by molar-refractivity contribution is 0.269. The van der Waals surface area contributed by atoms with Gasteiger partial charge in [0.1, 0.15) is 6.33 Å². The van der Waals surface area contributed by atoms with Gasteiger partial charge >= 0.3 is 0 Å². The maximum Gasteiger partial charge on any atom is 0.205 e. The van der Waals surface area contributed by atoms with E-state index in [9.17, 15) is 0 Å². The van der Waals surface area contributed by atoms with E-state index < -0.39 is 0 Å². The van der Waals surface area contributed by atoms with Gasteiger partial charge in [-0.15, -0.1) is 0 Å². The Morgan fingerprint density at radius 2 is 2.50 bits per heavy atom. The minimum absolute atomic E-state index is 0.377. The molecule has 0 aromatic carbocycles. The summed E-state index contributed by atoms with van der Waals surface area (Å²) in [7, 11) is 2.13. The van der Waals surface area contributed by atoms with Crippen molar-refractivity contribution in [2.45, 2.75) is 6.04 Å². The smallest absolute Gasteiger partial charge is 0.205 e. The molecule has 1 aliphatic heterocycles. The fourth-order valence-electron chi connectivity index (χ4n) is 1.76. The molecule has 2 N–H and O–H groups in total. The van der Waals surface area contributed by atoms with Crippen molar-refractivity contribution < 1.29 is 0 Å². The fraction of sp³-hybridized carbons (Fsp3) is 0.750. The van der Waals surface area contributed by atoms with Crippen molar-refractivity contribution in [2.24, 2.45) is 5.73 Å². The van der Waals surface area contributed by atoms with E-state index in [4.69, 9.17) is 5.73 Å². The van der Waals surface area contributed by atoms with E-state index in [2.05, 4.69) is 26.2 Å². The van der Waals surface area contributed by atoms with Gasteiger partial charge < -0.3 is 15.5 Å². The molecule has 2 rings (SSSR count). The molecule has 1 aromatic rings. The Morgan fingerprint density at radius 1 is 1.64 bits per heavy atom. The first-order valence-electron chi connectivity index (χ1n) is 4.73. The summed E-state index contributed by atoms with van der Waals surface area (Å²) in [6.07, 6.45) is 1.60. The van der Waals surface area contributed by atoms with E-state index in [0.717, 1.165) is 24.8 Å². The van der Waals surface area contributed by atoms with Crippen LogP contribution in [0.3, 0.4) is 0 Å². The van der Waals surface area contributed by atoms with E-state index in [0.29, 0.717) is 12.6 Å². The van der Waals surface area contributed by atoms with Crippen LogP contribution >= 0.6 is 11.5 Å². The molecule has 1 unspecified atom stereocenters. The zero-order valence-electron chi connectivity index (χ0n) is 8.26.